The van der Waals surface area contributed by atoms with Crippen molar-refractivity contribution in [1.82, 2.24) is 14.3 Å². The zero-order valence-electron chi connectivity index (χ0n) is 13.9. The zero-order chi connectivity index (χ0) is 16.5. The van der Waals surface area contributed by atoms with Crippen LogP contribution < -0.4 is 4.74 Å². The molecule has 4 nitrogen and oxygen atoms in total. The summed E-state index contributed by atoms with van der Waals surface area (Å²) in [7, 11) is 0. The summed E-state index contributed by atoms with van der Waals surface area (Å²) in [5.41, 5.74) is 2.92. The van der Waals surface area contributed by atoms with Gasteiger partial charge in [0.25, 0.3) is 0 Å². The number of aromatic nitrogens is 2. The molecule has 126 valence electrons. The summed E-state index contributed by atoms with van der Waals surface area (Å²) >= 11 is 6.13. The molecule has 1 saturated heterocycles. The summed E-state index contributed by atoms with van der Waals surface area (Å²) < 4.78 is 8.26. The first-order valence-corrected chi connectivity index (χ1v) is 9.04. The van der Waals surface area contributed by atoms with E-state index >= 15 is 0 Å². The summed E-state index contributed by atoms with van der Waals surface area (Å²) in [4.78, 5) is 7.21. The fourth-order valence-corrected chi connectivity index (χ4v) is 3.66. The van der Waals surface area contributed by atoms with Gasteiger partial charge in [-0.05, 0) is 68.7 Å². The first kappa shape index (κ1) is 15.7. The second-order valence-electron chi connectivity index (χ2n) is 6.50. The molecule has 0 aliphatic carbocycles. The van der Waals surface area contributed by atoms with Crippen LogP contribution in [-0.4, -0.2) is 40.5 Å². The van der Waals surface area contributed by atoms with Crippen molar-refractivity contribution < 1.29 is 4.74 Å². The van der Waals surface area contributed by atoms with Crippen LogP contribution in [0.5, 0.6) is 5.88 Å². The molecule has 4 rings (SSSR count). The van der Waals surface area contributed by atoms with Gasteiger partial charge < -0.3 is 14.0 Å². The van der Waals surface area contributed by atoms with E-state index in [1.54, 1.807) is 0 Å². The normalized spacial score (nSPS) is 16.9. The van der Waals surface area contributed by atoms with Crippen LogP contribution in [0.1, 0.15) is 19.8 Å². The van der Waals surface area contributed by atoms with Crippen molar-refractivity contribution in [1.29, 1.82) is 0 Å². The number of fused-ring (bicyclic) bond motifs is 3. The van der Waals surface area contributed by atoms with Crippen LogP contribution in [0.25, 0.3) is 16.6 Å². The number of nitrogens with zero attached hydrogens (tertiary/aromatic N) is 3. The molecular formula is C19H22ClN3O. The van der Waals surface area contributed by atoms with Gasteiger partial charge in [0, 0.05) is 11.2 Å². The topological polar surface area (TPSA) is 29.8 Å². The Morgan fingerprint density at radius 3 is 2.83 bits per heavy atom. The van der Waals surface area contributed by atoms with Crippen LogP contribution in [0.15, 0.2) is 36.5 Å². The van der Waals surface area contributed by atoms with Crippen LogP contribution in [0.4, 0.5) is 0 Å². The van der Waals surface area contributed by atoms with Crippen LogP contribution in [0.2, 0.25) is 5.02 Å². The average Bonchev–Trinajstić information content (AvgIpc) is 3.10. The van der Waals surface area contributed by atoms with Crippen LogP contribution in [0, 0.1) is 5.92 Å². The smallest absolute Gasteiger partial charge is 0.238 e. The SMILES string of the molecule is CCN1CCC(COc2nc3cc(Cl)ccc3n3cccc23)CC1. The van der Waals surface area contributed by atoms with E-state index in [9.17, 15) is 0 Å². The zero-order valence-corrected chi connectivity index (χ0v) is 14.7. The van der Waals surface area contributed by atoms with E-state index in [-0.39, 0.29) is 0 Å². The number of benzene rings is 1. The van der Waals surface area contributed by atoms with Crippen LogP contribution in [0.3, 0.4) is 0 Å². The molecule has 0 atom stereocenters. The number of rotatable bonds is 4. The van der Waals surface area contributed by atoms with E-state index in [0.29, 0.717) is 16.8 Å². The fourth-order valence-electron chi connectivity index (χ4n) is 3.49. The van der Waals surface area contributed by atoms with Gasteiger partial charge in [-0.15, -0.1) is 0 Å². The molecule has 0 saturated carbocycles. The Hall–Kier alpha value is -1.78. The lowest BCUT2D eigenvalue weighted by molar-refractivity contribution is 0.144. The molecule has 2 aromatic heterocycles. The van der Waals surface area contributed by atoms with E-state index in [4.69, 9.17) is 21.3 Å². The maximum atomic E-state index is 6.14. The van der Waals surface area contributed by atoms with Gasteiger partial charge in [0.2, 0.25) is 5.88 Å². The summed E-state index contributed by atoms with van der Waals surface area (Å²) in [6.07, 6.45) is 4.44. The van der Waals surface area contributed by atoms with Gasteiger partial charge in [-0.3, -0.25) is 0 Å². The standard InChI is InChI=1S/C19H22ClN3O/c1-2-22-10-7-14(8-11-22)13-24-19-18-4-3-9-23(18)17-6-5-15(20)12-16(17)21-19/h3-6,9,12,14H,2,7-8,10-11,13H2,1H3. The van der Waals surface area contributed by atoms with Gasteiger partial charge in [0.05, 0.1) is 17.6 Å². The highest BCUT2D eigenvalue weighted by Gasteiger charge is 2.19. The fraction of sp³-hybridized carbons (Fsp3) is 0.421. The minimum Gasteiger partial charge on any atom is -0.476 e. The first-order chi connectivity index (χ1) is 11.7. The van der Waals surface area contributed by atoms with Crippen molar-refractivity contribution >= 4 is 28.2 Å². The average molecular weight is 344 g/mol. The molecule has 3 aromatic rings. The molecule has 1 aliphatic rings. The Kier molecular flexibility index (Phi) is 4.33. The third-order valence-electron chi connectivity index (χ3n) is 5.00. The summed E-state index contributed by atoms with van der Waals surface area (Å²) in [6, 6.07) is 9.87. The third kappa shape index (κ3) is 2.96. The Bertz CT molecular complexity index is 852. The Balaban J connectivity index is 1.58. The van der Waals surface area contributed by atoms with Crippen molar-refractivity contribution in [2.75, 3.05) is 26.2 Å². The number of ether oxygens (including phenoxy) is 1. The van der Waals surface area contributed by atoms with E-state index < -0.39 is 0 Å². The van der Waals surface area contributed by atoms with Crippen LogP contribution in [-0.2, 0) is 0 Å². The lowest BCUT2D eigenvalue weighted by Crippen LogP contribution is -2.35. The van der Waals surface area contributed by atoms with Crippen molar-refractivity contribution in [3.63, 3.8) is 0 Å². The second-order valence-corrected chi connectivity index (χ2v) is 6.94. The molecule has 24 heavy (non-hydrogen) atoms. The van der Waals surface area contributed by atoms with E-state index in [0.717, 1.165) is 29.7 Å². The van der Waals surface area contributed by atoms with Gasteiger partial charge in [-0.2, -0.15) is 0 Å². The number of piperidine rings is 1. The van der Waals surface area contributed by atoms with Gasteiger partial charge >= 0.3 is 0 Å². The molecule has 0 spiro atoms. The van der Waals surface area contributed by atoms with Crippen molar-refractivity contribution in [3.8, 4) is 5.88 Å². The molecule has 1 fully saturated rings. The van der Waals surface area contributed by atoms with Crippen molar-refractivity contribution in [2.45, 2.75) is 19.8 Å². The molecule has 0 bridgehead atoms. The molecule has 0 radical (unpaired) electrons. The Morgan fingerprint density at radius 1 is 1.21 bits per heavy atom. The lowest BCUT2D eigenvalue weighted by Gasteiger charge is -2.30. The number of halogens is 1. The molecule has 0 unspecified atom stereocenters. The molecular weight excluding hydrogens is 322 g/mol. The molecule has 3 heterocycles. The molecule has 5 heteroatoms. The maximum Gasteiger partial charge on any atom is 0.238 e. The van der Waals surface area contributed by atoms with E-state index in [2.05, 4.69) is 22.3 Å². The molecule has 1 aliphatic heterocycles. The maximum absolute atomic E-state index is 6.14. The highest BCUT2D eigenvalue weighted by atomic mass is 35.5. The molecule has 1 aromatic carbocycles. The van der Waals surface area contributed by atoms with E-state index in [1.165, 1.54) is 25.9 Å². The largest absolute Gasteiger partial charge is 0.476 e. The highest BCUT2D eigenvalue weighted by Crippen LogP contribution is 2.27. The van der Waals surface area contributed by atoms with Gasteiger partial charge in [0.15, 0.2) is 0 Å². The minimum atomic E-state index is 0.611. The predicted molar refractivity (Wildman–Crippen MR) is 98.0 cm³/mol. The van der Waals surface area contributed by atoms with Crippen molar-refractivity contribution in [3.05, 3.63) is 41.6 Å². The number of hydrogen-bond donors (Lipinski definition) is 0. The highest BCUT2D eigenvalue weighted by molar-refractivity contribution is 6.31. The quantitative estimate of drug-likeness (QED) is 0.709. The third-order valence-corrected chi connectivity index (χ3v) is 5.23. The van der Waals surface area contributed by atoms with Crippen LogP contribution >= 0.6 is 11.6 Å². The summed E-state index contributed by atoms with van der Waals surface area (Å²) in [6.45, 7) is 6.45. The summed E-state index contributed by atoms with van der Waals surface area (Å²) in [5.74, 6) is 1.31. The summed E-state index contributed by atoms with van der Waals surface area (Å²) in [5, 5.41) is 0.694. The molecule has 0 amide bonds. The van der Waals surface area contributed by atoms with Gasteiger partial charge in [-0.25, -0.2) is 4.98 Å². The number of likely N-dealkylation sites (tertiary alicyclic amines) is 1. The number of hydrogen-bond acceptors (Lipinski definition) is 3. The monoisotopic (exact) mass is 343 g/mol. The lowest BCUT2D eigenvalue weighted by atomic mass is 9.98. The Labute approximate surface area is 147 Å². The van der Waals surface area contributed by atoms with E-state index in [1.807, 2.05) is 30.5 Å². The first-order valence-electron chi connectivity index (χ1n) is 8.66. The van der Waals surface area contributed by atoms with Crippen molar-refractivity contribution in [2.24, 2.45) is 5.92 Å². The van der Waals surface area contributed by atoms with Gasteiger partial charge in [-0.1, -0.05) is 18.5 Å². The molecule has 0 N–H and O–H groups in total. The Morgan fingerprint density at radius 2 is 2.04 bits per heavy atom. The van der Waals surface area contributed by atoms with Gasteiger partial charge in [0.1, 0.15) is 5.52 Å². The predicted octanol–water partition coefficient (Wildman–Crippen LogP) is 4.25. The second kappa shape index (κ2) is 6.61. The minimum absolute atomic E-state index is 0.611.